The zero-order valence-electron chi connectivity index (χ0n) is 14.3. The van der Waals surface area contributed by atoms with Crippen molar-refractivity contribution in [3.8, 4) is 0 Å². The minimum Gasteiger partial charge on any atom is -0.356 e. The number of rotatable bonds is 1. The summed E-state index contributed by atoms with van der Waals surface area (Å²) in [5.41, 5.74) is 5.59. The normalized spacial score (nSPS) is 17.3. The van der Waals surface area contributed by atoms with E-state index < -0.39 is 0 Å². The zero-order valence-corrected chi connectivity index (χ0v) is 15.8. The van der Waals surface area contributed by atoms with E-state index in [1.165, 1.54) is 16.0 Å². The largest absolute Gasteiger partial charge is 0.356 e. The standard InChI is InChI=1S/C17H18ClN5S/c1-8-7-22(5)17(12-6-19-24-14(8)12)23-10(3)9(2)13-15(18)20-11(4)21-16(13)23/h6-7,17H,1-5H3. The van der Waals surface area contributed by atoms with Crippen LogP contribution in [0.1, 0.15) is 40.6 Å². The Labute approximate surface area is 149 Å². The number of nitrogens with zero attached hydrogens (tertiary/aromatic N) is 5. The fourth-order valence-electron chi connectivity index (χ4n) is 3.55. The quantitative estimate of drug-likeness (QED) is 0.607. The lowest BCUT2D eigenvalue weighted by atomic mass is 10.1. The molecule has 0 saturated carbocycles. The number of allylic oxidation sites excluding steroid dienone is 1. The molecule has 4 heterocycles. The summed E-state index contributed by atoms with van der Waals surface area (Å²) in [5.74, 6) is 0.681. The number of hydrogen-bond acceptors (Lipinski definition) is 5. The van der Waals surface area contributed by atoms with Gasteiger partial charge < -0.3 is 9.47 Å². The van der Waals surface area contributed by atoms with Crippen molar-refractivity contribution in [2.45, 2.75) is 33.9 Å². The maximum absolute atomic E-state index is 6.43. The Morgan fingerprint density at radius 3 is 2.67 bits per heavy atom. The van der Waals surface area contributed by atoms with Crippen LogP contribution >= 0.6 is 23.1 Å². The van der Waals surface area contributed by atoms with Crippen molar-refractivity contribution in [3.63, 3.8) is 0 Å². The van der Waals surface area contributed by atoms with Crippen molar-refractivity contribution in [3.05, 3.63) is 45.1 Å². The Morgan fingerprint density at radius 1 is 1.17 bits per heavy atom. The molecule has 0 fully saturated rings. The van der Waals surface area contributed by atoms with Crippen LogP contribution in [0.15, 0.2) is 12.4 Å². The molecule has 0 aliphatic carbocycles. The van der Waals surface area contributed by atoms with Crippen molar-refractivity contribution in [1.29, 1.82) is 0 Å². The highest BCUT2D eigenvalue weighted by molar-refractivity contribution is 7.07. The van der Waals surface area contributed by atoms with Crippen LogP contribution in [-0.2, 0) is 0 Å². The van der Waals surface area contributed by atoms with Gasteiger partial charge in [-0.2, -0.15) is 0 Å². The Bertz CT molecular complexity index is 1000. The van der Waals surface area contributed by atoms with Crippen molar-refractivity contribution in [2.75, 3.05) is 7.05 Å². The molecule has 0 radical (unpaired) electrons. The average Bonchev–Trinajstić information content (AvgIpc) is 3.07. The maximum atomic E-state index is 6.43. The van der Waals surface area contributed by atoms with E-state index in [0.29, 0.717) is 11.0 Å². The molecule has 124 valence electrons. The van der Waals surface area contributed by atoms with Crippen LogP contribution in [0, 0.1) is 20.8 Å². The summed E-state index contributed by atoms with van der Waals surface area (Å²) < 4.78 is 6.67. The van der Waals surface area contributed by atoms with Crippen LogP contribution in [0.25, 0.3) is 16.6 Å². The average molecular weight is 360 g/mol. The Kier molecular flexibility index (Phi) is 3.44. The van der Waals surface area contributed by atoms with Crippen LogP contribution < -0.4 is 0 Å². The van der Waals surface area contributed by atoms with E-state index in [9.17, 15) is 0 Å². The van der Waals surface area contributed by atoms with E-state index in [4.69, 9.17) is 16.6 Å². The number of fused-ring (bicyclic) bond motifs is 2. The van der Waals surface area contributed by atoms with Crippen molar-refractivity contribution >= 4 is 39.7 Å². The Balaban J connectivity index is 2.06. The second-order valence-corrected chi connectivity index (χ2v) is 7.46. The molecule has 0 amide bonds. The first kappa shape index (κ1) is 15.6. The lowest BCUT2D eigenvalue weighted by Crippen LogP contribution is -2.30. The van der Waals surface area contributed by atoms with Crippen LogP contribution in [0.5, 0.6) is 0 Å². The first-order valence-corrected chi connectivity index (χ1v) is 8.91. The number of hydrogen-bond donors (Lipinski definition) is 0. The van der Waals surface area contributed by atoms with E-state index in [1.807, 2.05) is 13.1 Å². The van der Waals surface area contributed by atoms with Gasteiger partial charge in [0.2, 0.25) is 0 Å². The van der Waals surface area contributed by atoms with Crippen LogP contribution in [0.4, 0.5) is 0 Å². The lowest BCUT2D eigenvalue weighted by molar-refractivity contribution is 0.292. The summed E-state index contributed by atoms with van der Waals surface area (Å²) in [5, 5.41) is 1.45. The first-order valence-electron chi connectivity index (χ1n) is 7.76. The maximum Gasteiger partial charge on any atom is 0.147 e. The predicted molar refractivity (Wildman–Crippen MR) is 98.4 cm³/mol. The fraction of sp³-hybridized carbons (Fsp3) is 0.353. The van der Waals surface area contributed by atoms with Gasteiger partial charge in [0.1, 0.15) is 22.8 Å². The fourth-order valence-corrected chi connectivity index (χ4v) is 4.63. The molecule has 1 unspecified atom stereocenters. The minimum absolute atomic E-state index is 0.0176. The van der Waals surface area contributed by atoms with Crippen molar-refractivity contribution in [2.24, 2.45) is 0 Å². The zero-order chi connectivity index (χ0) is 17.2. The molecule has 1 aliphatic rings. The molecule has 0 aromatic carbocycles. The highest BCUT2D eigenvalue weighted by Gasteiger charge is 2.31. The Morgan fingerprint density at radius 2 is 1.92 bits per heavy atom. The molecule has 0 saturated heterocycles. The van der Waals surface area contributed by atoms with Gasteiger partial charge in [0, 0.05) is 30.7 Å². The number of aryl methyl sites for hydroxylation is 2. The SMILES string of the molecule is CC1=CN(C)C(n2c(C)c(C)c3c(Cl)nc(C)nc32)c2cnsc21. The Hall–Kier alpha value is -1.92. The second kappa shape index (κ2) is 5.29. The molecule has 3 aromatic heterocycles. The molecule has 1 atom stereocenters. The first-order chi connectivity index (χ1) is 11.4. The highest BCUT2D eigenvalue weighted by Crippen LogP contribution is 2.41. The smallest absolute Gasteiger partial charge is 0.147 e. The van der Waals surface area contributed by atoms with Gasteiger partial charge >= 0.3 is 0 Å². The van der Waals surface area contributed by atoms with Gasteiger partial charge in [-0.15, -0.1) is 0 Å². The van der Waals surface area contributed by atoms with Gasteiger partial charge in [-0.3, -0.25) is 0 Å². The molecule has 5 nitrogen and oxygen atoms in total. The summed E-state index contributed by atoms with van der Waals surface area (Å²) in [6.45, 7) is 8.19. The summed E-state index contributed by atoms with van der Waals surface area (Å²) >= 11 is 7.97. The molecule has 7 heteroatoms. The molecule has 3 aromatic rings. The monoisotopic (exact) mass is 359 g/mol. The molecule has 1 aliphatic heterocycles. The van der Waals surface area contributed by atoms with Gasteiger partial charge in [-0.05, 0) is 50.4 Å². The molecular formula is C17H18ClN5S. The van der Waals surface area contributed by atoms with Gasteiger partial charge in [-0.1, -0.05) is 11.6 Å². The van der Waals surface area contributed by atoms with Crippen LogP contribution in [-0.4, -0.2) is 30.9 Å². The van der Waals surface area contributed by atoms with Gasteiger partial charge in [0.25, 0.3) is 0 Å². The van der Waals surface area contributed by atoms with Crippen molar-refractivity contribution in [1.82, 2.24) is 23.8 Å². The number of halogens is 1. The van der Waals surface area contributed by atoms with Crippen LogP contribution in [0.2, 0.25) is 5.15 Å². The molecule has 0 bridgehead atoms. The van der Waals surface area contributed by atoms with Gasteiger partial charge in [-0.25, -0.2) is 14.3 Å². The summed E-state index contributed by atoms with van der Waals surface area (Å²) in [4.78, 5) is 12.5. The summed E-state index contributed by atoms with van der Waals surface area (Å²) in [6.07, 6.45) is 4.15. The third-order valence-electron chi connectivity index (χ3n) is 4.73. The van der Waals surface area contributed by atoms with E-state index in [0.717, 1.165) is 22.3 Å². The van der Waals surface area contributed by atoms with E-state index in [2.05, 4.69) is 52.8 Å². The minimum atomic E-state index is 0.0176. The third-order valence-corrected chi connectivity index (χ3v) is 5.95. The van der Waals surface area contributed by atoms with Crippen molar-refractivity contribution < 1.29 is 0 Å². The topological polar surface area (TPSA) is 46.8 Å². The number of aromatic nitrogens is 4. The molecular weight excluding hydrogens is 342 g/mol. The molecule has 24 heavy (non-hydrogen) atoms. The van der Waals surface area contributed by atoms with Gasteiger partial charge in [0.15, 0.2) is 0 Å². The second-order valence-electron chi connectivity index (χ2n) is 6.30. The van der Waals surface area contributed by atoms with E-state index in [1.54, 1.807) is 11.5 Å². The van der Waals surface area contributed by atoms with Gasteiger partial charge in [0.05, 0.1) is 10.3 Å². The van der Waals surface area contributed by atoms with E-state index in [-0.39, 0.29) is 6.17 Å². The van der Waals surface area contributed by atoms with Crippen LogP contribution in [0.3, 0.4) is 0 Å². The summed E-state index contributed by atoms with van der Waals surface area (Å²) in [7, 11) is 2.09. The molecule has 4 rings (SSSR count). The summed E-state index contributed by atoms with van der Waals surface area (Å²) in [6, 6.07) is 0. The predicted octanol–water partition coefficient (Wildman–Crippen LogP) is 4.32. The molecule has 0 spiro atoms. The highest BCUT2D eigenvalue weighted by atomic mass is 35.5. The molecule has 0 N–H and O–H groups in total. The van der Waals surface area contributed by atoms with E-state index >= 15 is 0 Å². The third kappa shape index (κ3) is 2.03. The lowest BCUT2D eigenvalue weighted by Gasteiger charge is -2.33.